The third-order valence-electron chi connectivity index (χ3n) is 4.19. The van der Waals surface area contributed by atoms with Crippen molar-refractivity contribution in [3.63, 3.8) is 0 Å². The van der Waals surface area contributed by atoms with Crippen molar-refractivity contribution in [3.05, 3.63) is 58.1 Å². The molecule has 0 bridgehead atoms. The molecule has 1 heterocycles. The fraction of sp³-hybridized carbons (Fsp3) is 0.222. The molecule has 1 N–H and O–H groups in total. The van der Waals surface area contributed by atoms with Crippen molar-refractivity contribution in [1.29, 1.82) is 0 Å². The molecule has 1 saturated heterocycles. The van der Waals surface area contributed by atoms with Crippen molar-refractivity contribution in [2.45, 2.75) is 12.6 Å². The number of nitrogens with one attached hydrogen (secondary N) is 1. The second-order valence-corrected chi connectivity index (χ2v) is 6.91. The van der Waals surface area contributed by atoms with Crippen molar-refractivity contribution in [3.8, 4) is 0 Å². The molecule has 4 nitrogen and oxygen atoms in total. The Labute approximate surface area is 162 Å². The molecule has 1 aliphatic heterocycles. The molecule has 2 aromatic carbocycles. The molecule has 0 spiro atoms. The van der Waals surface area contributed by atoms with Gasteiger partial charge >= 0.3 is 6.18 Å². The Morgan fingerprint density at radius 2 is 1.78 bits per heavy atom. The summed E-state index contributed by atoms with van der Waals surface area (Å²) in [6.07, 6.45) is -4.61. The molecule has 3 rings (SSSR count). The summed E-state index contributed by atoms with van der Waals surface area (Å²) in [5.41, 5.74) is -0.474. The number of anilines is 2. The molecule has 1 fully saturated rings. The molecule has 0 saturated carbocycles. The van der Waals surface area contributed by atoms with Gasteiger partial charge in [0, 0.05) is 23.7 Å². The lowest BCUT2D eigenvalue weighted by molar-refractivity contribution is -0.137. The van der Waals surface area contributed by atoms with Crippen LogP contribution in [0.25, 0.3) is 0 Å². The van der Waals surface area contributed by atoms with Gasteiger partial charge in [0.1, 0.15) is 0 Å². The SMILES string of the molecule is O=C(Nc1cc(C(F)(F)F)ccc1Cl)C1CC(=O)N(c2ccc(Cl)cc2)C1. The number of carbonyl (C=O) groups is 2. The summed E-state index contributed by atoms with van der Waals surface area (Å²) in [7, 11) is 0. The van der Waals surface area contributed by atoms with Crippen LogP contribution in [0.1, 0.15) is 12.0 Å². The maximum atomic E-state index is 12.8. The maximum Gasteiger partial charge on any atom is 0.416 e. The third-order valence-corrected chi connectivity index (χ3v) is 4.77. The zero-order valence-electron chi connectivity index (χ0n) is 13.7. The number of hydrogen-bond donors (Lipinski definition) is 1. The van der Waals surface area contributed by atoms with Gasteiger partial charge in [0.15, 0.2) is 0 Å². The van der Waals surface area contributed by atoms with E-state index in [9.17, 15) is 22.8 Å². The number of amides is 2. The molecule has 2 amide bonds. The maximum absolute atomic E-state index is 12.8. The van der Waals surface area contributed by atoms with Crippen molar-refractivity contribution >= 4 is 46.4 Å². The molecular formula is C18H13Cl2F3N2O2. The lowest BCUT2D eigenvalue weighted by Gasteiger charge is -2.17. The van der Waals surface area contributed by atoms with Crippen molar-refractivity contribution < 1.29 is 22.8 Å². The van der Waals surface area contributed by atoms with Crippen LogP contribution in [-0.2, 0) is 15.8 Å². The fourth-order valence-electron chi connectivity index (χ4n) is 2.79. The van der Waals surface area contributed by atoms with Crippen LogP contribution in [0.5, 0.6) is 0 Å². The summed E-state index contributed by atoms with van der Waals surface area (Å²) in [5, 5.41) is 2.89. The number of halogens is 5. The lowest BCUT2D eigenvalue weighted by Crippen LogP contribution is -2.28. The average molecular weight is 417 g/mol. The molecule has 0 aliphatic carbocycles. The molecule has 2 aromatic rings. The second-order valence-electron chi connectivity index (χ2n) is 6.06. The summed E-state index contributed by atoms with van der Waals surface area (Å²) in [5.74, 6) is -1.53. The van der Waals surface area contributed by atoms with Crippen LogP contribution in [0.15, 0.2) is 42.5 Å². The summed E-state index contributed by atoms with van der Waals surface area (Å²) < 4.78 is 38.5. The van der Waals surface area contributed by atoms with Crippen molar-refractivity contribution in [2.75, 3.05) is 16.8 Å². The predicted molar refractivity (Wildman–Crippen MR) is 97.0 cm³/mol. The zero-order chi connectivity index (χ0) is 19.8. The van der Waals surface area contributed by atoms with Gasteiger partial charge in [0.05, 0.1) is 22.2 Å². The smallest absolute Gasteiger partial charge is 0.324 e. The summed E-state index contributed by atoms with van der Waals surface area (Å²) in [6, 6.07) is 9.24. The van der Waals surface area contributed by atoms with Gasteiger partial charge in [-0.3, -0.25) is 9.59 Å². The molecule has 1 aliphatic rings. The Kier molecular flexibility index (Phi) is 5.35. The minimum atomic E-state index is -4.56. The predicted octanol–water partition coefficient (Wildman–Crippen LogP) is 5.00. The van der Waals surface area contributed by atoms with Crippen molar-refractivity contribution in [1.82, 2.24) is 0 Å². The Morgan fingerprint density at radius 1 is 1.11 bits per heavy atom. The molecule has 1 atom stereocenters. The number of nitrogens with zero attached hydrogens (tertiary/aromatic N) is 1. The molecule has 0 aromatic heterocycles. The van der Waals surface area contributed by atoms with Gasteiger partial charge in [-0.15, -0.1) is 0 Å². The third kappa shape index (κ3) is 4.36. The summed E-state index contributed by atoms with van der Waals surface area (Å²) in [6.45, 7) is 0.114. The van der Waals surface area contributed by atoms with Crippen LogP contribution in [-0.4, -0.2) is 18.4 Å². The van der Waals surface area contributed by atoms with Gasteiger partial charge in [-0.2, -0.15) is 13.2 Å². The lowest BCUT2D eigenvalue weighted by atomic mass is 10.1. The fourth-order valence-corrected chi connectivity index (χ4v) is 3.08. The normalized spacial score (nSPS) is 17.3. The molecule has 142 valence electrons. The van der Waals surface area contributed by atoms with Crippen LogP contribution < -0.4 is 10.2 Å². The summed E-state index contributed by atoms with van der Waals surface area (Å²) in [4.78, 5) is 26.1. The van der Waals surface area contributed by atoms with E-state index >= 15 is 0 Å². The molecular weight excluding hydrogens is 404 g/mol. The van der Waals surface area contributed by atoms with E-state index in [0.29, 0.717) is 10.7 Å². The second kappa shape index (κ2) is 7.40. The van der Waals surface area contributed by atoms with Crippen LogP contribution >= 0.6 is 23.2 Å². The van der Waals surface area contributed by atoms with E-state index < -0.39 is 23.6 Å². The van der Waals surface area contributed by atoms with Crippen LogP contribution in [0.4, 0.5) is 24.5 Å². The molecule has 27 heavy (non-hydrogen) atoms. The molecule has 0 radical (unpaired) electrons. The van der Waals surface area contributed by atoms with Gasteiger partial charge in [-0.1, -0.05) is 23.2 Å². The number of benzene rings is 2. The number of hydrogen-bond acceptors (Lipinski definition) is 2. The number of rotatable bonds is 3. The minimum Gasteiger partial charge on any atom is -0.324 e. The monoisotopic (exact) mass is 416 g/mol. The Bertz CT molecular complexity index is 885. The average Bonchev–Trinajstić information content (AvgIpc) is 2.98. The quantitative estimate of drug-likeness (QED) is 0.764. The Morgan fingerprint density at radius 3 is 2.41 bits per heavy atom. The minimum absolute atomic E-state index is 0.0183. The summed E-state index contributed by atoms with van der Waals surface area (Å²) >= 11 is 11.7. The Hall–Kier alpha value is -2.25. The van der Waals surface area contributed by atoms with E-state index in [-0.39, 0.29) is 29.6 Å². The van der Waals surface area contributed by atoms with Crippen molar-refractivity contribution in [2.24, 2.45) is 5.92 Å². The number of alkyl halides is 3. The van der Waals surface area contributed by atoms with E-state index in [4.69, 9.17) is 23.2 Å². The van der Waals surface area contributed by atoms with E-state index in [1.165, 1.54) is 4.90 Å². The first kappa shape index (κ1) is 19.5. The van der Waals surface area contributed by atoms with E-state index in [0.717, 1.165) is 18.2 Å². The topological polar surface area (TPSA) is 49.4 Å². The van der Waals surface area contributed by atoms with Crippen LogP contribution in [0.3, 0.4) is 0 Å². The van der Waals surface area contributed by atoms with Crippen LogP contribution in [0, 0.1) is 5.92 Å². The van der Waals surface area contributed by atoms with E-state index in [1.54, 1.807) is 24.3 Å². The van der Waals surface area contributed by atoms with E-state index in [2.05, 4.69) is 5.32 Å². The first-order chi connectivity index (χ1) is 12.6. The molecule has 1 unspecified atom stereocenters. The molecule has 9 heteroatoms. The van der Waals surface area contributed by atoms with Gasteiger partial charge in [-0.25, -0.2) is 0 Å². The first-order valence-electron chi connectivity index (χ1n) is 7.88. The van der Waals surface area contributed by atoms with Gasteiger partial charge in [0.2, 0.25) is 11.8 Å². The highest BCUT2D eigenvalue weighted by Crippen LogP contribution is 2.34. The van der Waals surface area contributed by atoms with Gasteiger partial charge < -0.3 is 10.2 Å². The standard InChI is InChI=1S/C18H13Cl2F3N2O2/c19-12-2-4-13(5-3-12)25-9-10(7-16(25)26)17(27)24-15-8-11(18(21,22)23)1-6-14(15)20/h1-6,8,10H,7,9H2,(H,24,27). The highest BCUT2D eigenvalue weighted by molar-refractivity contribution is 6.33. The van der Waals surface area contributed by atoms with Crippen LogP contribution in [0.2, 0.25) is 10.0 Å². The first-order valence-corrected chi connectivity index (χ1v) is 8.64. The Balaban J connectivity index is 1.74. The number of carbonyl (C=O) groups excluding carboxylic acids is 2. The zero-order valence-corrected chi connectivity index (χ0v) is 15.2. The highest BCUT2D eigenvalue weighted by atomic mass is 35.5. The largest absolute Gasteiger partial charge is 0.416 e. The highest BCUT2D eigenvalue weighted by Gasteiger charge is 2.36. The van der Waals surface area contributed by atoms with Gasteiger partial charge in [-0.05, 0) is 42.5 Å². The van der Waals surface area contributed by atoms with E-state index in [1.807, 2.05) is 0 Å². The van der Waals surface area contributed by atoms with Gasteiger partial charge in [0.25, 0.3) is 0 Å².